The first-order chi connectivity index (χ1) is 36.6. The number of phenols is 1. The Balaban J connectivity index is 0. The van der Waals surface area contributed by atoms with Crippen LogP contribution in [0.1, 0.15) is 70.7 Å². The number of aromatic hydroxyl groups is 1. The van der Waals surface area contributed by atoms with E-state index >= 15 is 0 Å². The van der Waals surface area contributed by atoms with Crippen LogP contribution in [0, 0.1) is 16.7 Å². The molecular formula is C50H97F2N11O14S. The van der Waals surface area contributed by atoms with Crippen molar-refractivity contribution in [2.24, 2.45) is 16.7 Å². The Labute approximate surface area is 461 Å². The predicted molar refractivity (Wildman–Crippen MR) is 293 cm³/mol. The van der Waals surface area contributed by atoms with Crippen molar-refractivity contribution in [1.29, 1.82) is 0 Å². The normalized spacial score (nSPS) is 19.6. The minimum Gasteiger partial charge on any atom is -0.508 e. The maximum absolute atomic E-state index is 12.1. The Kier molecular flexibility index (Phi) is 42.4. The van der Waals surface area contributed by atoms with Gasteiger partial charge in [0, 0.05) is 86.3 Å². The largest absolute Gasteiger partial charge is 0.508 e. The number of nitrogens with zero attached hydrogens (tertiary/aromatic N) is 6. The van der Waals surface area contributed by atoms with Crippen LogP contribution < -0.4 is 20.7 Å². The highest BCUT2D eigenvalue weighted by Gasteiger charge is 2.37. The number of phenolic OH excluding ortho intramolecular Hbond substituents is 1. The molecule has 28 heteroatoms. The van der Waals surface area contributed by atoms with Crippen LogP contribution in [-0.4, -0.2) is 261 Å². The molecule has 10 N–H and O–H groups in total. The van der Waals surface area contributed by atoms with E-state index in [2.05, 4.69) is 48.2 Å². The lowest BCUT2D eigenvalue weighted by Crippen LogP contribution is -2.44. The molecule has 0 spiro atoms. The molecule has 5 aliphatic rings. The van der Waals surface area contributed by atoms with Crippen LogP contribution in [0.25, 0.3) is 0 Å². The number of sulfonamides is 1. The average Bonchev–Trinajstić information content (AvgIpc) is 4.19. The van der Waals surface area contributed by atoms with Crippen LogP contribution in [-0.2, 0) is 55.7 Å². The first-order valence-corrected chi connectivity index (χ1v) is 27.9. The zero-order chi connectivity index (χ0) is 59.6. The van der Waals surface area contributed by atoms with Gasteiger partial charge in [-0.3, -0.25) is 19.1 Å². The van der Waals surface area contributed by atoms with Gasteiger partial charge in [-0.25, -0.2) is 8.42 Å². The van der Waals surface area contributed by atoms with Gasteiger partial charge in [0.15, 0.2) is 0 Å². The van der Waals surface area contributed by atoms with E-state index < -0.39 is 50.4 Å². The highest BCUT2D eigenvalue weighted by Crippen LogP contribution is 2.30. The number of aromatic amines is 1. The third kappa shape index (κ3) is 40.1. The number of nitrogens with one attached hydrogen (secondary N) is 5. The number of aliphatic hydroxyl groups is 2. The topological polar surface area (TPSA) is 336 Å². The summed E-state index contributed by atoms with van der Waals surface area (Å²) in [5.41, 5.74) is 0.108. The Hall–Kier alpha value is -4.17. The molecule has 2 atom stereocenters. The average molecular weight is 1150 g/mol. The van der Waals surface area contributed by atoms with Crippen LogP contribution in [0.3, 0.4) is 0 Å². The van der Waals surface area contributed by atoms with Gasteiger partial charge in [0.05, 0.1) is 55.5 Å². The molecule has 0 bridgehead atoms. The molecule has 2 unspecified atom stereocenters. The number of benzene rings is 1. The van der Waals surface area contributed by atoms with Gasteiger partial charge in [0.25, 0.3) is 0 Å². The number of H-pyrrole nitrogens is 1. The fourth-order valence-corrected chi connectivity index (χ4v) is 7.26. The lowest BCUT2D eigenvalue weighted by molar-refractivity contribution is -0.153. The van der Waals surface area contributed by atoms with Crippen molar-refractivity contribution in [1.82, 2.24) is 56.0 Å². The number of carboxylic acid groups (broad SMARTS) is 2. The first kappa shape index (κ1) is 75.9. The number of aromatic nitrogens is 4. The summed E-state index contributed by atoms with van der Waals surface area (Å²) in [4.78, 5) is 39.0. The van der Waals surface area contributed by atoms with Gasteiger partial charge in [-0.05, 0) is 130 Å². The van der Waals surface area contributed by atoms with E-state index in [-0.39, 0.29) is 18.6 Å². The summed E-state index contributed by atoms with van der Waals surface area (Å²) in [5, 5.41) is 62.9. The predicted octanol–water partition coefficient (Wildman–Crippen LogP) is 0.936. The standard InChI is InChI=1S/C9H13NO.C8H15NO4S.C7H12O3.C6H11NO2.2C5H11NO.C4H11NO.C3H4F2N4.C3H9NO/c1-10-7-6-8-2-4-9(11)5-3-8;1-8(3-5-13-6-4-8)7(10)9-14(2,11)12;1-7(6(8)9)2-4-10-5-3-7;1-7-3-2-5(4-7)6(8)9;1-6-2-4-7-5-3-6;1-6-3-2-5(7)4-6;1-5-3-4-6-2;1-3(4,5)2-6-8-9-7-2;1-4-2-3-5/h2-5,10-11H,6-7H2,1H3;3-6H2,1-2H3,(H,9,10);2-5H2,1H3,(H,8,9);5H,2-4H2,1H3,(H,8,9);2-5H2,1H3;5,7H,2-4H2,1H3;5H,3-4H2,1-2H3;1H3,(H,6,7,8,9);4-5H,2-3H2,1H3. The molecule has 6 heterocycles. The minimum absolute atomic E-state index is 0.0509. The molecule has 0 aliphatic carbocycles. The van der Waals surface area contributed by atoms with Crippen molar-refractivity contribution in [2.45, 2.75) is 77.7 Å². The fraction of sp³-hybridized carbons (Fsp3) is 0.800. The number of aliphatic hydroxyl groups excluding tert-OH is 2. The van der Waals surface area contributed by atoms with Crippen molar-refractivity contribution in [3.05, 3.63) is 35.7 Å². The number of hydrogen-bond acceptors (Lipinski definition) is 21. The molecule has 5 aliphatic heterocycles. The number of carbonyl (C=O) groups excluding carboxylic acids is 1. The molecule has 0 saturated carbocycles. The fourth-order valence-electron chi connectivity index (χ4n) is 6.67. The van der Waals surface area contributed by atoms with Crippen LogP contribution in [0.5, 0.6) is 5.75 Å². The maximum atomic E-state index is 12.1. The van der Waals surface area contributed by atoms with Gasteiger partial charge in [0.2, 0.25) is 21.8 Å². The number of hydrogen-bond donors (Lipinski definition) is 10. The second-order valence-corrected chi connectivity index (χ2v) is 21.4. The summed E-state index contributed by atoms with van der Waals surface area (Å²) in [7, 11) is 9.96. The van der Waals surface area contributed by atoms with E-state index in [1.54, 1.807) is 40.1 Å². The molecule has 7 rings (SSSR count). The number of likely N-dealkylation sites (N-methyl/N-ethyl adjacent to an activating group) is 5. The second-order valence-electron chi connectivity index (χ2n) is 19.6. The Morgan fingerprint density at radius 1 is 0.795 bits per heavy atom. The summed E-state index contributed by atoms with van der Waals surface area (Å²) in [6.07, 6.45) is 6.12. The lowest BCUT2D eigenvalue weighted by Gasteiger charge is -2.31. The highest BCUT2D eigenvalue weighted by atomic mass is 32.2. The molecule has 5 fully saturated rings. The van der Waals surface area contributed by atoms with Gasteiger partial charge in [0.1, 0.15) is 5.75 Å². The maximum Gasteiger partial charge on any atom is 0.309 e. The summed E-state index contributed by atoms with van der Waals surface area (Å²) < 4.78 is 67.9. The van der Waals surface area contributed by atoms with Gasteiger partial charge in [-0.2, -0.15) is 14.0 Å². The quantitative estimate of drug-likeness (QED) is 0.125. The number of halogens is 2. The number of rotatable bonds is 13. The smallest absolute Gasteiger partial charge is 0.309 e. The first-order valence-electron chi connectivity index (χ1n) is 26.0. The van der Waals surface area contributed by atoms with Crippen molar-refractivity contribution >= 4 is 27.9 Å². The van der Waals surface area contributed by atoms with Gasteiger partial charge in [-0.1, -0.05) is 19.1 Å². The molecule has 1 amide bonds. The minimum atomic E-state index is -3.45. The molecule has 25 nitrogen and oxygen atoms in total. The van der Waals surface area contributed by atoms with E-state index in [0.29, 0.717) is 71.3 Å². The molecule has 2 aromatic rings. The Morgan fingerprint density at radius 2 is 1.29 bits per heavy atom. The number of methoxy groups -OCH3 is 1. The SMILES string of the molecule is CC(F)(F)c1nn[nH]n1.CC1(C(=O)NS(C)(=O)=O)CCOCC1.CC1(C(=O)O)CCOCC1.CN1CCC(C(=O)O)C1.CN1CCC(O)C1.CN1CCOCC1.CNCCO.CNCCOC.CNCCc1ccc(O)cc1. The summed E-state index contributed by atoms with van der Waals surface area (Å²) in [6.45, 7) is 17.7. The molecule has 5 saturated heterocycles. The number of morpholine rings is 1. The molecule has 0 radical (unpaired) electrons. The number of aliphatic carboxylic acids is 2. The molecular weight excluding hydrogens is 1050 g/mol. The molecule has 1 aromatic carbocycles. The number of ether oxygens (including phenoxy) is 4. The van der Waals surface area contributed by atoms with E-state index in [1.165, 1.54) is 5.56 Å². The summed E-state index contributed by atoms with van der Waals surface area (Å²) >= 11 is 0. The number of tetrazole rings is 1. The van der Waals surface area contributed by atoms with Gasteiger partial charge < -0.3 is 75.1 Å². The van der Waals surface area contributed by atoms with Crippen molar-refractivity contribution in [3.63, 3.8) is 0 Å². The number of likely N-dealkylation sites (tertiary alicyclic amines) is 2. The van der Waals surface area contributed by atoms with E-state index in [0.717, 1.165) is 97.7 Å². The molecule has 1 aromatic heterocycles. The van der Waals surface area contributed by atoms with Crippen molar-refractivity contribution in [3.8, 4) is 5.75 Å². The highest BCUT2D eigenvalue weighted by molar-refractivity contribution is 7.89. The summed E-state index contributed by atoms with van der Waals surface area (Å²) in [5.74, 6) is -5.14. The monoisotopic (exact) mass is 1150 g/mol. The van der Waals surface area contributed by atoms with Gasteiger partial charge >= 0.3 is 17.9 Å². The number of carboxylic acids is 2. The van der Waals surface area contributed by atoms with Crippen LogP contribution >= 0.6 is 0 Å². The second kappa shape index (κ2) is 43.6. The van der Waals surface area contributed by atoms with E-state index in [4.69, 9.17) is 44.5 Å². The zero-order valence-corrected chi connectivity index (χ0v) is 49.0. The lowest BCUT2D eigenvalue weighted by atomic mass is 9.82. The molecule has 78 heavy (non-hydrogen) atoms. The third-order valence-electron chi connectivity index (χ3n) is 12.1. The van der Waals surface area contributed by atoms with Gasteiger partial charge in [-0.15, -0.1) is 10.2 Å². The zero-order valence-electron chi connectivity index (χ0n) is 48.2. The van der Waals surface area contributed by atoms with Crippen molar-refractivity contribution < 1.29 is 76.1 Å². The third-order valence-corrected chi connectivity index (χ3v) is 12.7. The Morgan fingerprint density at radius 3 is 1.56 bits per heavy atom. The van der Waals surface area contributed by atoms with Crippen LogP contribution in [0.15, 0.2) is 24.3 Å². The summed E-state index contributed by atoms with van der Waals surface area (Å²) in [6, 6.07) is 7.30. The number of amides is 1. The number of β-amino-alcohol motifs (C(OH)–C–C–N with tert-alkyl or cyclic N) is 1. The van der Waals surface area contributed by atoms with Crippen molar-refractivity contribution in [2.75, 3.05) is 167 Å². The number of carbonyl (C=O) groups is 3. The van der Waals surface area contributed by atoms with E-state index in [9.17, 15) is 31.6 Å². The van der Waals surface area contributed by atoms with E-state index in [1.807, 2.05) is 55.2 Å². The molecule has 456 valence electrons. The number of alkyl halides is 2. The van der Waals surface area contributed by atoms with Crippen LogP contribution in [0.2, 0.25) is 0 Å². The van der Waals surface area contributed by atoms with Crippen LogP contribution in [0.4, 0.5) is 8.78 Å². The Bertz CT molecular complexity index is 1890.